The monoisotopic (exact) mass is 236 g/mol. The van der Waals surface area contributed by atoms with Crippen LogP contribution in [-0.4, -0.2) is 26.4 Å². The molecule has 1 aromatic carbocycles. The summed E-state index contributed by atoms with van der Waals surface area (Å²) in [5, 5.41) is 0. The maximum absolute atomic E-state index is 5.47. The zero-order chi connectivity index (χ0) is 12.4. The van der Waals surface area contributed by atoms with E-state index in [-0.39, 0.29) is 0 Å². The van der Waals surface area contributed by atoms with Crippen molar-refractivity contribution in [2.24, 2.45) is 0 Å². The molecule has 3 unspecified atom stereocenters. The molecule has 0 N–H and O–H groups in total. The zero-order valence-corrected chi connectivity index (χ0v) is 10.9. The number of rotatable bonds is 5. The number of epoxide rings is 1. The summed E-state index contributed by atoms with van der Waals surface area (Å²) in [5.74, 6) is 2.21. The quantitative estimate of drug-likeness (QED) is 0.736. The first-order chi connectivity index (χ1) is 8.15. The summed E-state index contributed by atoms with van der Waals surface area (Å²) in [6, 6.07) is 5.93. The van der Waals surface area contributed by atoms with Crippen molar-refractivity contribution in [2.75, 3.05) is 14.2 Å². The second-order valence-electron chi connectivity index (χ2n) is 4.62. The highest BCUT2D eigenvalue weighted by molar-refractivity contribution is 5.42. The summed E-state index contributed by atoms with van der Waals surface area (Å²) in [6.07, 6.45) is 1.85. The van der Waals surface area contributed by atoms with Crippen molar-refractivity contribution in [2.45, 2.75) is 38.4 Å². The summed E-state index contributed by atoms with van der Waals surface area (Å²) in [6.45, 7) is 4.31. The molecule has 1 saturated heterocycles. The first kappa shape index (κ1) is 12.2. The molecule has 1 fully saturated rings. The lowest BCUT2D eigenvalue weighted by atomic mass is 9.94. The highest BCUT2D eigenvalue weighted by Gasteiger charge is 2.35. The minimum atomic E-state index is 0.404. The third-order valence-corrected chi connectivity index (χ3v) is 3.39. The second-order valence-corrected chi connectivity index (χ2v) is 4.62. The molecule has 3 atom stereocenters. The molecule has 0 aromatic heterocycles. The molecule has 1 aliphatic heterocycles. The molecular formula is C14H20O3. The molecule has 17 heavy (non-hydrogen) atoms. The second kappa shape index (κ2) is 4.96. The Morgan fingerprint density at radius 2 is 2.00 bits per heavy atom. The van der Waals surface area contributed by atoms with E-state index in [9.17, 15) is 0 Å². The van der Waals surface area contributed by atoms with Crippen LogP contribution in [0.1, 0.15) is 31.7 Å². The van der Waals surface area contributed by atoms with Crippen LogP contribution in [0.15, 0.2) is 18.2 Å². The van der Waals surface area contributed by atoms with Crippen LogP contribution in [0.2, 0.25) is 0 Å². The molecule has 94 valence electrons. The molecule has 0 saturated carbocycles. The maximum atomic E-state index is 5.47. The molecule has 0 amide bonds. The van der Waals surface area contributed by atoms with Crippen LogP contribution in [0.5, 0.6) is 11.5 Å². The maximum Gasteiger partial charge on any atom is 0.122 e. The van der Waals surface area contributed by atoms with Crippen LogP contribution >= 0.6 is 0 Å². The van der Waals surface area contributed by atoms with Gasteiger partial charge in [0.1, 0.15) is 11.5 Å². The molecule has 3 heteroatoms. The Morgan fingerprint density at radius 3 is 2.53 bits per heavy atom. The summed E-state index contributed by atoms with van der Waals surface area (Å²) >= 11 is 0. The van der Waals surface area contributed by atoms with Crippen LogP contribution in [0.25, 0.3) is 0 Å². The van der Waals surface area contributed by atoms with Gasteiger partial charge in [0, 0.05) is 5.56 Å². The molecular weight excluding hydrogens is 216 g/mol. The molecule has 1 aliphatic rings. The molecule has 0 aliphatic carbocycles. The summed E-state index contributed by atoms with van der Waals surface area (Å²) in [7, 11) is 3.39. The van der Waals surface area contributed by atoms with Crippen molar-refractivity contribution >= 4 is 0 Å². The largest absolute Gasteiger partial charge is 0.497 e. The van der Waals surface area contributed by atoms with Crippen molar-refractivity contribution < 1.29 is 14.2 Å². The minimum Gasteiger partial charge on any atom is -0.497 e. The van der Waals surface area contributed by atoms with Gasteiger partial charge in [-0.15, -0.1) is 0 Å². The van der Waals surface area contributed by atoms with E-state index in [1.54, 1.807) is 14.2 Å². The van der Waals surface area contributed by atoms with Gasteiger partial charge in [-0.1, -0.05) is 6.92 Å². The lowest BCUT2D eigenvalue weighted by Crippen LogP contribution is -2.03. The van der Waals surface area contributed by atoms with Crippen LogP contribution in [0.4, 0.5) is 0 Å². The topological polar surface area (TPSA) is 31.0 Å². The average molecular weight is 236 g/mol. The molecule has 1 heterocycles. The van der Waals surface area contributed by atoms with Gasteiger partial charge in [0.15, 0.2) is 0 Å². The molecule has 0 radical (unpaired) electrons. The van der Waals surface area contributed by atoms with E-state index in [2.05, 4.69) is 19.9 Å². The van der Waals surface area contributed by atoms with Crippen molar-refractivity contribution in [3.8, 4) is 11.5 Å². The van der Waals surface area contributed by atoms with E-state index in [1.807, 2.05) is 12.1 Å². The molecule has 1 aromatic rings. The Labute approximate surface area is 103 Å². The summed E-state index contributed by atoms with van der Waals surface area (Å²) in [5.41, 5.74) is 1.19. The number of benzene rings is 1. The predicted molar refractivity (Wildman–Crippen MR) is 66.9 cm³/mol. The third kappa shape index (κ3) is 2.72. The fraction of sp³-hybridized carbons (Fsp3) is 0.571. The highest BCUT2D eigenvalue weighted by Crippen LogP contribution is 2.37. The van der Waals surface area contributed by atoms with Gasteiger partial charge in [-0.05, 0) is 37.5 Å². The van der Waals surface area contributed by atoms with Crippen molar-refractivity contribution in [1.29, 1.82) is 0 Å². The van der Waals surface area contributed by atoms with E-state index in [0.29, 0.717) is 18.1 Å². The highest BCUT2D eigenvalue weighted by atomic mass is 16.6. The van der Waals surface area contributed by atoms with E-state index < -0.39 is 0 Å². The minimum absolute atomic E-state index is 0.404. The Bertz CT molecular complexity index is 389. The SMILES string of the molecule is COc1ccc(OC)c(C(C)CC2OC2C)c1. The van der Waals surface area contributed by atoms with Crippen molar-refractivity contribution in [3.63, 3.8) is 0 Å². The average Bonchev–Trinajstić information content (AvgIpc) is 3.03. The van der Waals surface area contributed by atoms with Crippen LogP contribution in [0.3, 0.4) is 0 Å². The van der Waals surface area contributed by atoms with Crippen molar-refractivity contribution in [1.82, 2.24) is 0 Å². The van der Waals surface area contributed by atoms with Crippen LogP contribution in [0, 0.1) is 0 Å². The lowest BCUT2D eigenvalue weighted by molar-refractivity contribution is 0.357. The summed E-state index contributed by atoms with van der Waals surface area (Å²) < 4.78 is 16.1. The van der Waals surface area contributed by atoms with Crippen LogP contribution < -0.4 is 9.47 Å². The van der Waals surface area contributed by atoms with Gasteiger partial charge in [0.05, 0.1) is 26.4 Å². The number of hydrogen-bond donors (Lipinski definition) is 0. The van der Waals surface area contributed by atoms with Gasteiger partial charge in [-0.25, -0.2) is 0 Å². The van der Waals surface area contributed by atoms with Gasteiger partial charge in [0.25, 0.3) is 0 Å². The first-order valence-corrected chi connectivity index (χ1v) is 6.03. The lowest BCUT2D eigenvalue weighted by Gasteiger charge is -2.16. The van der Waals surface area contributed by atoms with Gasteiger partial charge in [-0.2, -0.15) is 0 Å². The summed E-state index contributed by atoms with van der Waals surface area (Å²) in [4.78, 5) is 0. The van der Waals surface area contributed by atoms with E-state index >= 15 is 0 Å². The normalized spacial score (nSPS) is 24.2. The van der Waals surface area contributed by atoms with E-state index in [4.69, 9.17) is 14.2 Å². The fourth-order valence-corrected chi connectivity index (χ4v) is 2.18. The number of methoxy groups -OCH3 is 2. The Hall–Kier alpha value is -1.22. The third-order valence-electron chi connectivity index (χ3n) is 3.39. The molecule has 2 rings (SSSR count). The predicted octanol–water partition coefficient (Wildman–Crippen LogP) is 2.98. The standard InChI is InChI=1S/C14H20O3/c1-9(7-14-10(2)17-14)12-8-11(15-3)5-6-13(12)16-4/h5-6,8-10,14H,7H2,1-4H3. The molecule has 3 nitrogen and oxygen atoms in total. The smallest absolute Gasteiger partial charge is 0.122 e. The fourth-order valence-electron chi connectivity index (χ4n) is 2.18. The van der Waals surface area contributed by atoms with E-state index in [1.165, 1.54) is 5.56 Å². The van der Waals surface area contributed by atoms with E-state index in [0.717, 1.165) is 17.9 Å². The van der Waals surface area contributed by atoms with Gasteiger partial charge >= 0.3 is 0 Å². The van der Waals surface area contributed by atoms with Crippen molar-refractivity contribution in [3.05, 3.63) is 23.8 Å². The van der Waals surface area contributed by atoms with Gasteiger partial charge < -0.3 is 14.2 Å². The molecule has 0 spiro atoms. The van der Waals surface area contributed by atoms with Crippen LogP contribution in [-0.2, 0) is 4.74 Å². The first-order valence-electron chi connectivity index (χ1n) is 6.03. The number of ether oxygens (including phenoxy) is 3. The Balaban J connectivity index is 2.15. The molecule has 0 bridgehead atoms. The van der Waals surface area contributed by atoms with Gasteiger partial charge in [0.2, 0.25) is 0 Å². The Morgan fingerprint density at radius 1 is 1.29 bits per heavy atom. The van der Waals surface area contributed by atoms with Gasteiger partial charge in [-0.3, -0.25) is 0 Å². The Kier molecular flexibility index (Phi) is 3.57. The zero-order valence-electron chi connectivity index (χ0n) is 10.9. The number of hydrogen-bond acceptors (Lipinski definition) is 3.